The molecule has 6 unspecified atom stereocenters. The van der Waals surface area contributed by atoms with Crippen molar-refractivity contribution in [2.45, 2.75) is 88.9 Å². The fourth-order valence-electron chi connectivity index (χ4n) is 7.62. The number of nitrogens with two attached hydrogens (primary N) is 2. The number of aliphatic imine (C=N–C) groups is 1. The van der Waals surface area contributed by atoms with Gasteiger partial charge in [0.2, 0.25) is 5.91 Å². The lowest BCUT2D eigenvalue weighted by atomic mass is 9.70. The number of rotatable bonds is 7. The fraction of sp³-hybridized carbons (Fsp3) is 0.893. The van der Waals surface area contributed by atoms with Crippen LogP contribution in [0.5, 0.6) is 0 Å². The molecule has 0 saturated carbocycles. The SMILES string of the molecule is CCC1(C)CCC(Cl)=C=NC1C(C(=O)NC1CNCCC1N1CCC(N2CCN3CCNC3C2)CC1)C(N)N. The van der Waals surface area contributed by atoms with E-state index in [0.717, 1.165) is 58.5 Å². The van der Waals surface area contributed by atoms with Crippen LogP contribution in [0.3, 0.4) is 0 Å². The molecule has 5 heterocycles. The Morgan fingerprint density at radius 3 is 2.67 bits per heavy atom. The topological polar surface area (TPSA) is 127 Å². The van der Waals surface area contributed by atoms with Crippen LogP contribution in [0.15, 0.2) is 10.0 Å². The maximum absolute atomic E-state index is 13.9. The minimum atomic E-state index is -0.816. The maximum atomic E-state index is 13.9. The van der Waals surface area contributed by atoms with Gasteiger partial charge in [0.1, 0.15) is 0 Å². The van der Waals surface area contributed by atoms with E-state index in [-0.39, 0.29) is 23.4 Å². The standard InChI is InChI=1S/C28H50ClN9O/c1-3-28(2)8-4-19(29)16-34-25(28)24(26(30)31)27(39)35-21-17-32-9-5-22(21)36-11-6-20(7-12-36)38-15-14-37-13-10-33-23(37)18-38/h20-26,32-33H,3-15,17-18,30-31H2,1-2H3,(H,35,39). The summed E-state index contributed by atoms with van der Waals surface area (Å²) in [6.07, 6.45) is 5.50. The van der Waals surface area contributed by atoms with Crippen LogP contribution in [0, 0.1) is 11.3 Å². The summed E-state index contributed by atoms with van der Waals surface area (Å²) in [4.78, 5) is 26.4. The normalized spacial score (nSPS) is 36.4. The number of likely N-dealkylation sites (tertiary alicyclic amines) is 1. The lowest BCUT2D eigenvalue weighted by molar-refractivity contribution is -0.129. The second kappa shape index (κ2) is 12.8. The summed E-state index contributed by atoms with van der Waals surface area (Å²) in [5.74, 6) is 2.23. The van der Waals surface area contributed by atoms with Crippen LogP contribution in [0.1, 0.15) is 52.4 Å². The molecule has 220 valence electrons. The van der Waals surface area contributed by atoms with E-state index in [1.807, 2.05) is 0 Å². The third-order valence-electron chi connectivity index (χ3n) is 10.4. The van der Waals surface area contributed by atoms with Crippen LogP contribution >= 0.6 is 11.6 Å². The smallest absolute Gasteiger partial charge is 0.228 e. The first kappa shape index (κ1) is 29.4. The minimum absolute atomic E-state index is 0.0112. The highest BCUT2D eigenvalue weighted by atomic mass is 35.5. The predicted octanol–water partition coefficient (Wildman–Crippen LogP) is 0.0752. The number of hydrogen-bond acceptors (Lipinski definition) is 9. The summed E-state index contributed by atoms with van der Waals surface area (Å²) in [6, 6.07) is 0.611. The van der Waals surface area contributed by atoms with E-state index in [0.29, 0.717) is 29.7 Å². The first-order valence-electron chi connectivity index (χ1n) is 15.2. The number of piperidine rings is 2. The molecule has 0 aromatic heterocycles. The Hall–Kier alpha value is -1.07. The highest BCUT2D eigenvalue weighted by Gasteiger charge is 2.45. The average molecular weight is 564 g/mol. The molecule has 0 radical (unpaired) electrons. The van der Waals surface area contributed by atoms with Crippen molar-refractivity contribution >= 4 is 23.4 Å². The molecule has 4 saturated heterocycles. The van der Waals surface area contributed by atoms with Crippen molar-refractivity contribution in [1.82, 2.24) is 30.7 Å². The molecule has 7 N–H and O–H groups in total. The van der Waals surface area contributed by atoms with E-state index in [9.17, 15) is 4.79 Å². The number of allylic oxidation sites excluding steroid dienone is 1. The number of carbonyl (C=O) groups excluding carboxylic acids is 1. The Balaban J connectivity index is 1.22. The molecule has 5 aliphatic heterocycles. The Bertz CT molecular complexity index is 919. The van der Waals surface area contributed by atoms with Gasteiger partial charge in [-0.15, -0.1) is 0 Å². The second-order valence-electron chi connectivity index (χ2n) is 12.6. The van der Waals surface area contributed by atoms with Gasteiger partial charge in [-0.1, -0.05) is 25.4 Å². The van der Waals surface area contributed by atoms with E-state index >= 15 is 0 Å². The second-order valence-corrected chi connectivity index (χ2v) is 13.1. The Kier molecular flexibility index (Phi) is 9.69. The van der Waals surface area contributed by atoms with Crippen molar-refractivity contribution < 1.29 is 4.79 Å². The maximum Gasteiger partial charge on any atom is 0.228 e. The number of carbonyl (C=O) groups is 1. The van der Waals surface area contributed by atoms with Crippen LogP contribution in [-0.4, -0.2) is 122 Å². The highest BCUT2D eigenvalue weighted by Crippen LogP contribution is 2.40. The van der Waals surface area contributed by atoms with E-state index < -0.39 is 12.1 Å². The van der Waals surface area contributed by atoms with Crippen molar-refractivity contribution in [3.8, 4) is 0 Å². The summed E-state index contributed by atoms with van der Waals surface area (Å²) >= 11 is 6.31. The fourth-order valence-corrected chi connectivity index (χ4v) is 7.77. The minimum Gasteiger partial charge on any atom is -0.350 e. The molecular formula is C28H50ClN9O. The van der Waals surface area contributed by atoms with Gasteiger partial charge in [0.25, 0.3) is 0 Å². The summed E-state index contributed by atoms with van der Waals surface area (Å²) in [7, 11) is 0. The molecule has 10 nitrogen and oxygen atoms in total. The molecular weight excluding hydrogens is 514 g/mol. The molecule has 5 aliphatic rings. The van der Waals surface area contributed by atoms with E-state index in [1.54, 1.807) is 0 Å². The number of fused-ring (bicyclic) bond motifs is 1. The Morgan fingerprint density at radius 1 is 1.15 bits per heavy atom. The monoisotopic (exact) mass is 563 g/mol. The molecule has 0 aromatic rings. The van der Waals surface area contributed by atoms with Crippen molar-refractivity contribution in [3.63, 3.8) is 0 Å². The van der Waals surface area contributed by atoms with Crippen LogP contribution < -0.4 is 27.4 Å². The zero-order valence-electron chi connectivity index (χ0n) is 23.9. The molecule has 0 aliphatic carbocycles. The third kappa shape index (κ3) is 6.55. The summed E-state index contributed by atoms with van der Waals surface area (Å²) < 4.78 is 0. The summed E-state index contributed by atoms with van der Waals surface area (Å²) in [5, 5.41) is 11.1. The zero-order valence-corrected chi connectivity index (χ0v) is 24.6. The van der Waals surface area contributed by atoms with Crippen LogP contribution in [-0.2, 0) is 4.79 Å². The van der Waals surface area contributed by atoms with Gasteiger partial charge in [-0.25, -0.2) is 4.99 Å². The Labute approximate surface area is 239 Å². The quantitative estimate of drug-likeness (QED) is 0.276. The van der Waals surface area contributed by atoms with Crippen molar-refractivity contribution in [3.05, 3.63) is 5.03 Å². The van der Waals surface area contributed by atoms with Gasteiger partial charge in [-0.2, -0.15) is 0 Å². The molecule has 6 atom stereocenters. The number of hydrogen-bond donors (Lipinski definition) is 5. The van der Waals surface area contributed by atoms with Crippen molar-refractivity contribution in [2.75, 3.05) is 58.9 Å². The van der Waals surface area contributed by atoms with Gasteiger partial charge >= 0.3 is 0 Å². The zero-order chi connectivity index (χ0) is 27.6. The average Bonchev–Trinajstić information content (AvgIpc) is 3.36. The van der Waals surface area contributed by atoms with Gasteiger partial charge in [-0.3, -0.25) is 24.8 Å². The molecule has 5 rings (SSSR count). The number of nitrogens with zero attached hydrogens (tertiary/aromatic N) is 4. The lowest BCUT2D eigenvalue weighted by Crippen LogP contribution is -2.65. The van der Waals surface area contributed by atoms with E-state index in [2.05, 4.69) is 55.4 Å². The summed E-state index contributed by atoms with van der Waals surface area (Å²) in [6.45, 7) is 14.0. The van der Waals surface area contributed by atoms with Gasteiger partial charge < -0.3 is 22.1 Å². The summed E-state index contributed by atoms with van der Waals surface area (Å²) in [5.41, 5.74) is 12.3. The van der Waals surface area contributed by atoms with Gasteiger partial charge in [-0.05, 0) is 56.4 Å². The van der Waals surface area contributed by atoms with E-state index in [4.69, 9.17) is 23.1 Å². The number of piperazine rings is 1. The molecule has 0 spiro atoms. The lowest BCUT2D eigenvalue weighted by Gasteiger charge is -2.48. The largest absolute Gasteiger partial charge is 0.350 e. The van der Waals surface area contributed by atoms with Crippen LogP contribution in [0.25, 0.3) is 0 Å². The van der Waals surface area contributed by atoms with Crippen molar-refractivity contribution in [1.29, 1.82) is 0 Å². The molecule has 0 bridgehead atoms. The Morgan fingerprint density at radius 2 is 1.92 bits per heavy atom. The molecule has 1 amide bonds. The molecule has 39 heavy (non-hydrogen) atoms. The number of nitrogens with one attached hydrogen (secondary N) is 3. The predicted molar refractivity (Wildman–Crippen MR) is 157 cm³/mol. The third-order valence-corrected chi connectivity index (χ3v) is 10.7. The van der Waals surface area contributed by atoms with Gasteiger partial charge in [0, 0.05) is 64.4 Å². The first-order chi connectivity index (χ1) is 18.8. The van der Waals surface area contributed by atoms with Crippen LogP contribution in [0.2, 0.25) is 0 Å². The number of amides is 1. The van der Waals surface area contributed by atoms with Crippen LogP contribution in [0.4, 0.5) is 0 Å². The van der Waals surface area contributed by atoms with Crippen molar-refractivity contribution in [2.24, 2.45) is 27.8 Å². The number of halogens is 1. The van der Waals surface area contributed by atoms with Gasteiger partial charge in [0.05, 0.1) is 35.4 Å². The molecule has 11 heteroatoms. The van der Waals surface area contributed by atoms with E-state index in [1.165, 1.54) is 32.5 Å². The molecule has 4 fully saturated rings. The highest BCUT2D eigenvalue weighted by molar-refractivity contribution is 6.33. The first-order valence-corrected chi connectivity index (χ1v) is 15.6. The van der Waals surface area contributed by atoms with Gasteiger partial charge in [0.15, 0.2) is 0 Å². The molecule has 0 aromatic carbocycles.